The maximum atomic E-state index is 11.8. The fraction of sp³-hybridized carbons (Fsp3) is 0.526. The highest BCUT2D eigenvalue weighted by Crippen LogP contribution is 2.34. The maximum Gasteiger partial charge on any atom is 0.353 e. The van der Waals surface area contributed by atoms with Gasteiger partial charge in [-0.2, -0.15) is 4.98 Å². The third-order valence-electron chi connectivity index (χ3n) is 4.93. The molecule has 152 valence electrons. The number of carboxylic acids is 1. The lowest BCUT2D eigenvalue weighted by molar-refractivity contribution is -0.129. The highest BCUT2D eigenvalue weighted by Gasteiger charge is 2.31. The van der Waals surface area contributed by atoms with Gasteiger partial charge >= 0.3 is 5.97 Å². The molecule has 0 radical (unpaired) electrons. The molecule has 0 bridgehead atoms. The van der Waals surface area contributed by atoms with E-state index in [2.05, 4.69) is 20.2 Å². The lowest BCUT2D eigenvalue weighted by Crippen LogP contribution is -2.44. The minimum Gasteiger partial charge on any atom is -0.477 e. The van der Waals surface area contributed by atoms with Crippen LogP contribution in [-0.4, -0.2) is 59.2 Å². The molecule has 0 spiro atoms. The van der Waals surface area contributed by atoms with Crippen LogP contribution in [0.25, 0.3) is 0 Å². The summed E-state index contributed by atoms with van der Waals surface area (Å²) in [5.74, 6) is -0.292. The second kappa shape index (κ2) is 9.82. The fourth-order valence-electron chi connectivity index (χ4n) is 3.37. The Hall–Kier alpha value is -2.97. The van der Waals surface area contributed by atoms with Gasteiger partial charge in [0.25, 0.3) is 0 Å². The first kappa shape index (κ1) is 21.3. The van der Waals surface area contributed by atoms with Gasteiger partial charge in [-0.25, -0.2) is 9.78 Å². The van der Waals surface area contributed by atoms with Crippen molar-refractivity contribution in [2.75, 3.05) is 29.2 Å². The number of anilines is 3. The Morgan fingerprint density at radius 1 is 1.46 bits per heavy atom. The van der Waals surface area contributed by atoms with E-state index in [0.717, 1.165) is 37.7 Å². The standard InChI is InChI=1S/C19H28N6O3/c1-4-13(12-26)25(14-7-5-6-8-14)17-16(21-2)11-22-19(23-17)24(3)10-9-15(20)18(27)28/h9-14,20-21H,4-8H2,1-3H3,(H,27,28)/b10-9-,20-15?/t13-/m1/s1. The Bertz CT molecular complexity index is 745. The summed E-state index contributed by atoms with van der Waals surface area (Å²) in [6.45, 7) is 1.98. The van der Waals surface area contributed by atoms with E-state index in [4.69, 9.17) is 10.5 Å². The molecule has 0 aliphatic heterocycles. The maximum absolute atomic E-state index is 11.8. The van der Waals surface area contributed by atoms with Crippen LogP contribution in [0.3, 0.4) is 0 Å². The number of carbonyl (C=O) groups is 2. The van der Waals surface area contributed by atoms with Crippen molar-refractivity contribution in [2.45, 2.75) is 51.1 Å². The molecule has 0 aromatic carbocycles. The zero-order valence-corrected chi connectivity index (χ0v) is 16.6. The molecule has 0 unspecified atom stereocenters. The second-order valence-electron chi connectivity index (χ2n) is 6.76. The number of hydrogen-bond acceptors (Lipinski definition) is 8. The van der Waals surface area contributed by atoms with Crippen molar-refractivity contribution in [1.29, 1.82) is 5.41 Å². The second-order valence-corrected chi connectivity index (χ2v) is 6.76. The zero-order valence-electron chi connectivity index (χ0n) is 16.6. The predicted octanol–water partition coefficient (Wildman–Crippen LogP) is 2.30. The highest BCUT2D eigenvalue weighted by molar-refractivity contribution is 6.39. The SMILES string of the molecule is CC[C@H](C=O)N(c1nc(N(C)/C=C\C(=N)C(=O)O)ncc1NC)C1CCCC1. The summed E-state index contributed by atoms with van der Waals surface area (Å²) >= 11 is 0. The first-order valence-corrected chi connectivity index (χ1v) is 9.44. The van der Waals surface area contributed by atoms with Crippen LogP contribution in [0.4, 0.5) is 17.5 Å². The molecule has 1 aliphatic rings. The van der Waals surface area contributed by atoms with Crippen LogP contribution < -0.4 is 15.1 Å². The smallest absolute Gasteiger partial charge is 0.353 e. The summed E-state index contributed by atoms with van der Waals surface area (Å²) in [6.07, 6.45) is 10.2. The summed E-state index contributed by atoms with van der Waals surface area (Å²) in [5.41, 5.74) is 0.199. The van der Waals surface area contributed by atoms with Crippen LogP contribution in [0.5, 0.6) is 0 Å². The number of nitrogens with one attached hydrogen (secondary N) is 2. The monoisotopic (exact) mass is 388 g/mol. The molecule has 2 rings (SSSR count). The summed E-state index contributed by atoms with van der Waals surface area (Å²) in [6, 6.07) is -0.0370. The quantitative estimate of drug-likeness (QED) is 0.412. The van der Waals surface area contributed by atoms with E-state index in [1.54, 1.807) is 25.2 Å². The lowest BCUT2D eigenvalue weighted by Gasteiger charge is -2.35. The normalized spacial score (nSPS) is 15.4. The first-order chi connectivity index (χ1) is 13.4. The Balaban J connectivity index is 2.42. The number of aldehydes is 1. The summed E-state index contributed by atoms with van der Waals surface area (Å²) in [5, 5.41) is 19.3. The average molecular weight is 388 g/mol. The van der Waals surface area contributed by atoms with Crippen molar-refractivity contribution in [3.63, 3.8) is 0 Å². The Labute approximate surface area is 165 Å². The van der Waals surface area contributed by atoms with Gasteiger partial charge in [0.15, 0.2) is 5.82 Å². The van der Waals surface area contributed by atoms with Crippen LogP contribution in [0.2, 0.25) is 0 Å². The van der Waals surface area contributed by atoms with Gasteiger partial charge in [0.05, 0.1) is 17.9 Å². The van der Waals surface area contributed by atoms with E-state index in [9.17, 15) is 9.59 Å². The minimum absolute atomic E-state index is 0.242. The Morgan fingerprint density at radius 3 is 2.68 bits per heavy atom. The van der Waals surface area contributed by atoms with Gasteiger partial charge in [-0.1, -0.05) is 19.8 Å². The third kappa shape index (κ3) is 4.85. The molecule has 0 saturated heterocycles. The van der Waals surface area contributed by atoms with Crippen LogP contribution in [0.15, 0.2) is 18.5 Å². The summed E-state index contributed by atoms with van der Waals surface area (Å²) in [7, 11) is 3.47. The van der Waals surface area contributed by atoms with Gasteiger partial charge in [0.2, 0.25) is 5.95 Å². The molecule has 3 N–H and O–H groups in total. The van der Waals surface area contributed by atoms with E-state index in [1.807, 2.05) is 6.92 Å². The van der Waals surface area contributed by atoms with Crippen molar-refractivity contribution in [3.05, 3.63) is 18.5 Å². The predicted molar refractivity (Wildman–Crippen MR) is 109 cm³/mol. The number of carbonyl (C=O) groups excluding carboxylic acids is 1. The first-order valence-electron chi connectivity index (χ1n) is 9.44. The Kier molecular flexibility index (Phi) is 7.48. The molecule has 1 saturated carbocycles. The Morgan fingerprint density at radius 2 is 2.14 bits per heavy atom. The third-order valence-corrected chi connectivity index (χ3v) is 4.93. The van der Waals surface area contributed by atoms with E-state index < -0.39 is 11.7 Å². The van der Waals surface area contributed by atoms with E-state index in [1.165, 1.54) is 12.3 Å². The average Bonchev–Trinajstić information content (AvgIpc) is 3.23. The van der Waals surface area contributed by atoms with Crippen molar-refractivity contribution >= 4 is 35.4 Å². The van der Waals surface area contributed by atoms with Crippen molar-refractivity contribution in [3.8, 4) is 0 Å². The molecule has 1 fully saturated rings. The van der Waals surface area contributed by atoms with Crippen LogP contribution in [-0.2, 0) is 9.59 Å². The van der Waals surface area contributed by atoms with Gasteiger partial charge in [0, 0.05) is 26.3 Å². The van der Waals surface area contributed by atoms with Gasteiger partial charge in [-0.15, -0.1) is 0 Å². The van der Waals surface area contributed by atoms with Gasteiger partial charge in [-0.05, 0) is 25.3 Å². The number of aliphatic carboxylic acids is 1. The molecule has 1 atom stereocenters. The highest BCUT2D eigenvalue weighted by atomic mass is 16.4. The van der Waals surface area contributed by atoms with Crippen LogP contribution >= 0.6 is 0 Å². The zero-order chi connectivity index (χ0) is 20.7. The largest absolute Gasteiger partial charge is 0.477 e. The molecule has 1 heterocycles. The van der Waals surface area contributed by atoms with Crippen molar-refractivity contribution in [1.82, 2.24) is 9.97 Å². The lowest BCUT2D eigenvalue weighted by atomic mass is 10.1. The molecule has 28 heavy (non-hydrogen) atoms. The fourth-order valence-corrected chi connectivity index (χ4v) is 3.37. The summed E-state index contributed by atoms with van der Waals surface area (Å²) in [4.78, 5) is 35.2. The molecular weight excluding hydrogens is 360 g/mol. The van der Waals surface area contributed by atoms with E-state index in [-0.39, 0.29) is 12.1 Å². The number of aromatic nitrogens is 2. The van der Waals surface area contributed by atoms with Gasteiger partial charge in [0.1, 0.15) is 12.0 Å². The number of carboxylic acid groups (broad SMARTS) is 1. The summed E-state index contributed by atoms with van der Waals surface area (Å²) < 4.78 is 0. The van der Waals surface area contributed by atoms with Crippen molar-refractivity contribution < 1.29 is 14.7 Å². The van der Waals surface area contributed by atoms with Gasteiger partial charge < -0.3 is 25.0 Å². The van der Waals surface area contributed by atoms with Crippen LogP contribution in [0.1, 0.15) is 39.0 Å². The molecular formula is C19H28N6O3. The molecule has 1 aliphatic carbocycles. The van der Waals surface area contributed by atoms with Gasteiger partial charge in [-0.3, -0.25) is 5.41 Å². The van der Waals surface area contributed by atoms with E-state index >= 15 is 0 Å². The molecule has 9 heteroatoms. The number of rotatable bonds is 10. The van der Waals surface area contributed by atoms with Crippen molar-refractivity contribution in [2.24, 2.45) is 0 Å². The number of nitrogens with zero attached hydrogens (tertiary/aromatic N) is 4. The van der Waals surface area contributed by atoms with E-state index in [0.29, 0.717) is 18.2 Å². The molecule has 1 aromatic rings. The minimum atomic E-state index is -1.30. The molecule has 9 nitrogen and oxygen atoms in total. The molecule has 1 aromatic heterocycles. The van der Waals surface area contributed by atoms with Crippen LogP contribution in [0, 0.1) is 5.41 Å². The molecule has 0 amide bonds. The topological polar surface area (TPSA) is 123 Å². The number of hydrogen-bond donors (Lipinski definition) is 3.